The standard InChI is InChI=1S/C58H116Br2O3/c1-17-61-57(27-19-23-43(3)31-47(7)35-51(11)39-55(15)41-53(13)37-49(9)33-45(5)25-21-29-59)63-58(62-18-2)28-20-24-44(4)32-48(8)36-52(12)40-56(16)42-54(14)38-50(10)34-46(6)26-22-30-60/h43-58H,17-42H2,1-16H3. The lowest BCUT2D eigenvalue weighted by Gasteiger charge is -2.27. The zero-order valence-electron chi connectivity index (χ0n) is 45.6. The number of rotatable bonds is 44. The summed E-state index contributed by atoms with van der Waals surface area (Å²) in [5.74, 6) is 11.4. The second-order valence-corrected chi connectivity index (χ2v) is 25.3. The summed E-state index contributed by atoms with van der Waals surface area (Å²) in [5.41, 5.74) is 0. The minimum absolute atomic E-state index is 0.170. The Morgan fingerprint density at radius 1 is 0.270 bits per heavy atom. The van der Waals surface area contributed by atoms with Gasteiger partial charge in [0.05, 0.1) is 0 Å². The van der Waals surface area contributed by atoms with E-state index in [4.69, 9.17) is 14.2 Å². The van der Waals surface area contributed by atoms with Gasteiger partial charge in [-0.3, -0.25) is 0 Å². The molecule has 0 aliphatic rings. The zero-order valence-corrected chi connectivity index (χ0v) is 48.8. The molecule has 380 valence electrons. The van der Waals surface area contributed by atoms with Crippen molar-refractivity contribution in [1.29, 1.82) is 0 Å². The Morgan fingerprint density at radius 3 is 0.651 bits per heavy atom. The number of alkyl halides is 2. The average Bonchev–Trinajstić information content (AvgIpc) is 3.15. The Kier molecular flexibility index (Phi) is 40.2. The van der Waals surface area contributed by atoms with E-state index in [1.807, 2.05) is 0 Å². The van der Waals surface area contributed by atoms with E-state index in [0.717, 1.165) is 119 Å². The average molecular weight is 1020 g/mol. The Labute approximate surface area is 415 Å². The molecule has 0 aliphatic heterocycles. The van der Waals surface area contributed by atoms with Crippen molar-refractivity contribution in [3.05, 3.63) is 0 Å². The van der Waals surface area contributed by atoms with Gasteiger partial charge >= 0.3 is 0 Å². The van der Waals surface area contributed by atoms with Gasteiger partial charge in [-0.2, -0.15) is 0 Å². The molecule has 0 rings (SSSR count). The van der Waals surface area contributed by atoms with Gasteiger partial charge in [0.25, 0.3) is 0 Å². The molecular weight excluding hydrogens is 904 g/mol. The third kappa shape index (κ3) is 37.4. The number of hydrogen-bond donors (Lipinski definition) is 0. The molecule has 0 heterocycles. The van der Waals surface area contributed by atoms with Crippen molar-refractivity contribution in [2.75, 3.05) is 23.9 Å². The van der Waals surface area contributed by atoms with Gasteiger partial charge in [0.1, 0.15) is 0 Å². The summed E-state index contributed by atoms with van der Waals surface area (Å²) in [6.07, 6.45) is 28.2. The lowest BCUT2D eigenvalue weighted by molar-refractivity contribution is -0.247. The minimum Gasteiger partial charge on any atom is -0.353 e. The molecule has 0 fully saturated rings. The molecule has 0 saturated carbocycles. The molecule has 0 spiro atoms. The van der Waals surface area contributed by atoms with Crippen LogP contribution in [0.25, 0.3) is 0 Å². The molecule has 0 aromatic carbocycles. The summed E-state index contributed by atoms with van der Waals surface area (Å²) in [6.45, 7) is 40.4. The van der Waals surface area contributed by atoms with Crippen molar-refractivity contribution < 1.29 is 14.2 Å². The highest BCUT2D eigenvalue weighted by molar-refractivity contribution is 9.09. The first kappa shape index (κ1) is 63.8. The van der Waals surface area contributed by atoms with Crippen LogP contribution in [0.4, 0.5) is 0 Å². The summed E-state index contributed by atoms with van der Waals surface area (Å²) in [4.78, 5) is 0. The van der Waals surface area contributed by atoms with Gasteiger partial charge < -0.3 is 14.2 Å². The highest BCUT2D eigenvalue weighted by atomic mass is 79.9. The third-order valence-electron chi connectivity index (χ3n) is 14.6. The van der Waals surface area contributed by atoms with Crippen molar-refractivity contribution >= 4 is 31.9 Å². The monoisotopic (exact) mass is 1020 g/mol. The topological polar surface area (TPSA) is 27.7 Å². The van der Waals surface area contributed by atoms with Crippen LogP contribution in [0.1, 0.15) is 252 Å². The molecule has 0 aromatic heterocycles. The molecular formula is C58H116Br2O3. The SMILES string of the molecule is CCOC(CCCC(C)CC(C)CC(C)CC(C)CC(C)CC(C)CC(C)CCCBr)OC(CCCC(C)CC(C)CC(C)CC(C)CC(C)CC(C)CC(C)CCCBr)OCC. The smallest absolute Gasteiger partial charge is 0.160 e. The summed E-state index contributed by atoms with van der Waals surface area (Å²) < 4.78 is 18.9. The Hall–Kier alpha value is 0.840. The zero-order chi connectivity index (χ0) is 47.7. The van der Waals surface area contributed by atoms with E-state index >= 15 is 0 Å². The molecule has 3 nitrogen and oxygen atoms in total. The van der Waals surface area contributed by atoms with E-state index < -0.39 is 0 Å². The van der Waals surface area contributed by atoms with Gasteiger partial charge in [0.15, 0.2) is 12.6 Å². The molecule has 0 radical (unpaired) electrons. The van der Waals surface area contributed by atoms with Crippen LogP contribution in [0.2, 0.25) is 0 Å². The highest BCUT2D eigenvalue weighted by Crippen LogP contribution is 2.33. The summed E-state index contributed by atoms with van der Waals surface area (Å²) in [5, 5.41) is 2.29. The Bertz CT molecular complexity index is 919. The lowest BCUT2D eigenvalue weighted by Crippen LogP contribution is -2.27. The van der Waals surface area contributed by atoms with Gasteiger partial charge in [-0.25, -0.2) is 0 Å². The maximum atomic E-state index is 6.55. The van der Waals surface area contributed by atoms with Crippen molar-refractivity contribution in [2.45, 2.75) is 265 Å². The first-order valence-corrected chi connectivity index (χ1v) is 30.0. The first-order chi connectivity index (χ1) is 29.8. The van der Waals surface area contributed by atoms with Crippen LogP contribution in [0.15, 0.2) is 0 Å². The molecule has 63 heavy (non-hydrogen) atoms. The molecule has 0 aliphatic carbocycles. The fourth-order valence-corrected chi connectivity index (χ4v) is 13.4. The van der Waals surface area contributed by atoms with Crippen molar-refractivity contribution in [2.24, 2.45) is 82.9 Å². The maximum Gasteiger partial charge on any atom is 0.160 e. The second kappa shape index (κ2) is 39.7. The van der Waals surface area contributed by atoms with E-state index in [2.05, 4.69) is 143 Å². The highest BCUT2D eigenvalue weighted by Gasteiger charge is 2.22. The van der Waals surface area contributed by atoms with Crippen LogP contribution in [-0.4, -0.2) is 36.5 Å². The van der Waals surface area contributed by atoms with Gasteiger partial charge in [-0.1, -0.05) is 142 Å². The van der Waals surface area contributed by atoms with Gasteiger partial charge in [0, 0.05) is 23.9 Å². The number of halogens is 2. The minimum atomic E-state index is -0.170. The fourth-order valence-electron chi connectivity index (χ4n) is 12.7. The molecule has 5 heteroatoms. The van der Waals surface area contributed by atoms with Gasteiger partial charge in [0.2, 0.25) is 0 Å². The molecule has 0 aromatic rings. The van der Waals surface area contributed by atoms with Crippen molar-refractivity contribution in [3.63, 3.8) is 0 Å². The van der Waals surface area contributed by atoms with Crippen LogP contribution in [0.5, 0.6) is 0 Å². The van der Waals surface area contributed by atoms with Crippen LogP contribution in [-0.2, 0) is 14.2 Å². The Balaban J connectivity index is 4.56. The fraction of sp³-hybridized carbons (Fsp3) is 1.00. The van der Waals surface area contributed by atoms with Gasteiger partial charge in [-0.15, -0.1) is 0 Å². The number of hydrogen-bond acceptors (Lipinski definition) is 3. The van der Waals surface area contributed by atoms with Crippen molar-refractivity contribution in [1.82, 2.24) is 0 Å². The summed E-state index contributed by atoms with van der Waals surface area (Å²) in [6, 6.07) is 0. The van der Waals surface area contributed by atoms with E-state index in [-0.39, 0.29) is 12.6 Å². The summed E-state index contributed by atoms with van der Waals surface area (Å²) in [7, 11) is 0. The summed E-state index contributed by atoms with van der Waals surface area (Å²) >= 11 is 7.21. The molecule has 0 amide bonds. The molecule has 0 bridgehead atoms. The molecule has 0 saturated heterocycles. The Morgan fingerprint density at radius 2 is 0.460 bits per heavy atom. The second-order valence-electron chi connectivity index (χ2n) is 23.7. The maximum absolute atomic E-state index is 6.55. The first-order valence-electron chi connectivity index (χ1n) is 27.8. The third-order valence-corrected chi connectivity index (χ3v) is 15.7. The largest absolute Gasteiger partial charge is 0.353 e. The van der Waals surface area contributed by atoms with Crippen LogP contribution in [0, 0.1) is 82.9 Å². The van der Waals surface area contributed by atoms with Crippen molar-refractivity contribution in [3.8, 4) is 0 Å². The van der Waals surface area contributed by atoms with Gasteiger partial charge in [-0.05, 0) is 225 Å². The van der Waals surface area contributed by atoms with E-state index in [9.17, 15) is 0 Å². The van der Waals surface area contributed by atoms with E-state index in [0.29, 0.717) is 13.2 Å². The predicted octanol–water partition coefficient (Wildman–Crippen LogP) is 20.0. The normalized spacial score (nSPS) is 20.1. The van der Waals surface area contributed by atoms with E-state index in [1.165, 1.54) is 116 Å². The van der Waals surface area contributed by atoms with Crippen LogP contribution >= 0.6 is 31.9 Å². The molecule has 16 atom stereocenters. The quantitative estimate of drug-likeness (QED) is 0.0450. The molecule has 0 N–H and O–H groups in total. The van der Waals surface area contributed by atoms with Crippen LogP contribution < -0.4 is 0 Å². The van der Waals surface area contributed by atoms with Crippen LogP contribution in [0.3, 0.4) is 0 Å². The van der Waals surface area contributed by atoms with E-state index in [1.54, 1.807) is 0 Å². The molecule has 16 unspecified atom stereocenters. The number of ether oxygens (including phenoxy) is 3. The lowest BCUT2D eigenvalue weighted by atomic mass is 9.80. The predicted molar refractivity (Wildman–Crippen MR) is 289 cm³/mol.